The number of phenols is 1. The van der Waals surface area contributed by atoms with Gasteiger partial charge in [-0.1, -0.05) is 0 Å². The topological polar surface area (TPSA) is 86.6 Å². The summed E-state index contributed by atoms with van der Waals surface area (Å²) >= 11 is 0. The molecule has 4 atom stereocenters. The van der Waals surface area contributed by atoms with E-state index < -0.39 is 64.4 Å². The molecule has 0 amide bonds. The Morgan fingerprint density at radius 3 is 2.71 bits per heavy atom. The van der Waals surface area contributed by atoms with E-state index in [0.29, 0.717) is 38.5 Å². The lowest BCUT2D eigenvalue weighted by Crippen LogP contribution is -2.51. The van der Waals surface area contributed by atoms with Crippen molar-refractivity contribution in [2.45, 2.75) is 62.1 Å². The number of nitrogens with zero attached hydrogens (tertiary/aromatic N) is 5. The summed E-state index contributed by atoms with van der Waals surface area (Å²) in [5.74, 6) is -1.50. The molecule has 218 valence electrons. The number of halogens is 5. The summed E-state index contributed by atoms with van der Waals surface area (Å²) in [6, 6.07) is 2.06. The molecule has 3 aromatic rings. The van der Waals surface area contributed by atoms with Crippen LogP contribution in [0.5, 0.6) is 11.8 Å². The number of hydrogen-bond acceptors (Lipinski definition) is 8. The number of benzene rings is 1. The van der Waals surface area contributed by atoms with Gasteiger partial charge >= 0.3 is 12.2 Å². The molecule has 2 N–H and O–H groups in total. The average Bonchev–Trinajstić information content (AvgIpc) is 3.59. The lowest BCUT2D eigenvalue weighted by molar-refractivity contribution is -0.137. The van der Waals surface area contributed by atoms with Gasteiger partial charge in [-0.3, -0.25) is 9.88 Å². The van der Waals surface area contributed by atoms with Crippen LogP contribution < -0.4 is 15.0 Å². The van der Waals surface area contributed by atoms with Crippen molar-refractivity contribution in [2.24, 2.45) is 0 Å². The number of anilines is 1. The number of rotatable bonds is 5. The van der Waals surface area contributed by atoms with Crippen molar-refractivity contribution in [2.75, 3.05) is 37.6 Å². The molecule has 6 heterocycles. The van der Waals surface area contributed by atoms with Crippen LogP contribution in [0.15, 0.2) is 24.4 Å². The number of piperazine rings is 1. The fourth-order valence-electron chi connectivity index (χ4n) is 6.84. The van der Waals surface area contributed by atoms with Crippen LogP contribution in [0, 0.1) is 5.82 Å². The van der Waals surface area contributed by atoms with E-state index in [4.69, 9.17) is 7.48 Å². The summed E-state index contributed by atoms with van der Waals surface area (Å²) in [7, 11) is 0. The predicted octanol–water partition coefficient (Wildman–Crippen LogP) is 4.45. The van der Waals surface area contributed by atoms with Crippen molar-refractivity contribution in [3.8, 4) is 23.0 Å². The third-order valence-corrected chi connectivity index (χ3v) is 8.66. The number of phenolic OH excluding ortho intramolecular Hbond substituents is 1. The Kier molecular flexibility index (Phi) is 5.70. The second kappa shape index (κ2) is 9.62. The van der Waals surface area contributed by atoms with Crippen LogP contribution in [0.1, 0.15) is 40.4 Å². The van der Waals surface area contributed by atoms with Crippen LogP contribution in [0.3, 0.4) is 0 Å². The minimum absolute atomic E-state index is 0.0748. The monoisotopic (exact) mass is 578 g/mol. The largest absolute Gasteiger partial charge is 0.508 e. The molecule has 7 rings (SSSR count). The molecule has 4 saturated heterocycles. The van der Waals surface area contributed by atoms with Gasteiger partial charge in [0.25, 0.3) is 0 Å². The van der Waals surface area contributed by atoms with Gasteiger partial charge < -0.3 is 20.1 Å². The number of pyridine rings is 1. The molecule has 41 heavy (non-hydrogen) atoms. The highest BCUT2D eigenvalue weighted by molar-refractivity contribution is 5.92. The Hall–Kier alpha value is -3.32. The van der Waals surface area contributed by atoms with E-state index in [1.165, 1.54) is 6.20 Å². The summed E-state index contributed by atoms with van der Waals surface area (Å²) in [4.78, 5) is 16.4. The Labute approximate surface area is 235 Å². The second-order valence-corrected chi connectivity index (χ2v) is 11.4. The average molecular weight is 579 g/mol. The second-order valence-electron chi connectivity index (χ2n) is 11.4. The van der Waals surface area contributed by atoms with Gasteiger partial charge in [0.15, 0.2) is 5.82 Å². The third-order valence-electron chi connectivity index (χ3n) is 8.66. The molecule has 2 aromatic heterocycles. The lowest BCUT2D eigenvalue weighted by atomic mass is 9.95. The van der Waals surface area contributed by atoms with E-state index in [1.54, 1.807) is 4.90 Å². The SMILES string of the molecule is [2H]C([2H])(Oc1nc(N2C[C@H]3CC[C@@H](C2)N3)c2cnc(-c3cc(O)ccc3C(F)(F)F)c(F)c2n1)[C@@]12CCCN1C[C@H](F)C2. The van der Waals surface area contributed by atoms with Crippen LogP contribution in [-0.2, 0) is 6.18 Å². The summed E-state index contributed by atoms with van der Waals surface area (Å²) in [6.45, 7) is -0.870. The first kappa shape index (κ1) is 24.3. The third kappa shape index (κ3) is 4.62. The van der Waals surface area contributed by atoms with E-state index in [0.717, 1.165) is 25.0 Å². The highest BCUT2D eigenvalue weighted by Gasteiger charge is 2.49. The van der Waals surface area contributed by atoms with Crippen LogP contribution in [0.2, 0.25) is 0 Å². The van der Waals surface area contributed by atoms with E-state index in [-0.39, 0.29) is 36.3 Å². The zero-order valence-corrected chi connectivity index (χ0v) is 21.9. The van der Waals surface area contributed by atoms with Gasteiger partial charge in [0.2, 0.25) is 0 Å². The molecular weight excluding hydrogens is 547 g/mol. The zero-order chi connectivity index (χ0) is 30.3. The predicted molar refractivity (Wildman–Crippen MR) is 140 cm³/mol. The van der Waals surface area contributed by atoms with Gasteiger partial charge in [-0.2, -0.15) is 23.1 Å². The molecule has 0 unspecified atom stereocenters. The number of alkyl halides is 4. The van der Waals surface area contributed by atoms with Gasteiger partial charge in [0.05, 0.1) is 19.2 Å². The van der Waals surface area contributed by atoms with Gasteiger partial charge in [0.1, 0.15) is 35.5 Å². The van der Waals surface area contributed by atoms with Crippen molar-refractivity contribution >= 4 is 16.7 Å². The Morgan fingerprint density at radius 1 is 1.17 bits per heavy atom. The summed E-state index contributed by atoms with van der Waals surface area (Å²) < 4.78 is 96.0. The molecule has 4 aliphatic heterocycles. The number of hydrogen-bond donors (Lipinski definition) is 2. The van der Waals surface area contributed by atoms with Gasteiger partial charge in [0, 0.05) is 49.9 Å². The number of nitrogens with one attached hydrogen (secondary N) is 1. The molecule has 0 aliphatic carbocycles. The van der Waals surface area contributed by atoms with Crippen molar-refractivity contribution in [1.82, 2.24) is 25.2 Å². The maximum Gasteiger partial charge on any atom is 0.417 e. The molecule has 0 radical (unpaired) electrons. The summed E-state index contributed by atoms with van der Waals surface area (Å²) in [5, 5.41) is 13.6. The maximum absolute atomic E-state index is 16.3. The maximum atomic E-state index is 16.3. The Bertz CT molecular complexity index is 1580. The Morgan fingerprint density at radius 2 is 1.95 bits per heavy atom. The Balaban J connectivity index is 1.38. The fraction of sp³-hybridized carbons (Fsp3) is 0.536. The minimum atomic E-state index is -4.87. The summed E-state index contributed by atoms with van der Waals surface area (Å²) in [6.07, 6.45) is -2.14. The molecule has 4 aliphatic rings. The van der Waals surface area contributed by atoms with Crippen LogP contribution in [0.25, 0.3) is 22.2 Å². The molecular formula is C28H29F5N6O2. The van der Waals surface area contributed by atoms with Crippen molar-refractivity contribution < 1.29 is 34.5 Å². The molecule has 0 spiro atoms. The number of ether oxygens (including phenoxy) is 1. The van der Waals surface area contributed by atoms with Crippen LogP contribution in [0.4, 0.5) is 27.8 Å². The molecule has 13 heteroatoms. The van der Waals surface area contributed by atoms with E-state index >= 15 is 4.39 Å². The van der Waals surface area contributed by atoms with Crippen LogP contribution in [-0.4, -0.2) is 81.5 Å². The quantitative estimate of drug-likeness (QED) is 0.430. The van der Waals surface area contributed by atoms with Crippen molar-refractivity contribution in [1.29, 1.82) is 0 Å². The minimum Gasteiger partial charge on any atom is -0.508 e. The molecule has 4 fully saturated rings. The zero-order valence-electron chi connectivity index (χ0n) is 23.9. The standard InChI is InChI=1S/C28H29F5N6O2/c29-15-9-27(6-1-7-39(27)11-15)14-41-26-36-24-20(25(37-26)38-12-16-2-3-17(13-38)35-16)10-34-23(22(24)30)19-8-18(40)4-5-21(19)28(31,32)33/h4-5,8,10,15-17,35,40H,1-3,6-7,9,11-14H2/t15-,16-,17+,27+/m1/s1/i14D2. The molecule has 2 bridgehead atoms. The molecule has 1 aromatic carbocycles. The highest BCUT2D eigenvalue weighted by Crippen LogP contribution is 2.42. The molecule has 0 saturated carbocycles. The normalized spacial score (nSPS) is 29.1. The van der Waals surface area contributed by atoms with Crippen molar-refractivity contribution in [3.63, 3.8) is 0 Å². The smallest absolute Gasteiger partial charge is 0.417 e. The number of aromatic nitrogens is 3. The first-order valence-electron chi connectivity index (χ1n) is 14.7. The van der Waals surface area contributed by atoms with E-state index in [1.807, 2.05) is 4.90 Å². The lowest BCUT2D eigenvalue weighted by Gasteiger charge is -2.34. The number of aromatic hydroxyl groups is 1. The molecule has 8 nitrogen and oxygen atoms in total. The van der Waals surface area contributed by atoms with Crippen molar-refractivity contribution in [3.05, 3.63) is 35.8 Å². The first-order valence-corrected chi connectivity index (χ1v) is 13.7. The highest BCUT2D eigenvalue weighted by atomic mass is 19.4. The van der Waals surface area contributed by atoms with Gasteiger partial charge in [-0.05, 0) is 50.4 Å². The first-order chi connectivity index (χ1) is 20.3. The fourth-order valence-corrected chi connectivity index (χ4v) is 6.84. The number of fused-ring (bicyclic) bond motifs is 4. The van der Waals surface area contributed by atoms with Gasteiger partial charge in [-0.15, -0.1) is 0 Å². The van der Waals surface area contributed by atoms with Gasteiger partial charge in [-0.25, -0.2) is 8.78 Å². The van der Waals surface area contributed by atoms with E-state index in [2.05, 4.69) is 20.3 Å². The van der Waals surface area contributed by atoms with Crippen LogP contribution >= 0.6 is 0 Å². The summed E-state index contributed by atoms with van der Waals surface area (Å²) in [5.41, 5.74) is -4.22. The van der Waals surface area contributed by atoms with E-state index in [9.17, 15) is 22.7 Å².